The number of halogens is 1. The van der Waals surface area contributed by atoms with Gasteiger partial charge in [-0.1, -0.05) is 36.9 Å². The van der Waals surface area contributed by atoms with Gasteiger partial charge >= 0.3 is 0 Å². The Bertz CT molecular complexity index is 1060. The van der Waals surface area contributed by atoms with Gasteiger partial charge in [0.05, 0.1) is 5.70 Å². The molecule has 0 aliphatic carbocycles. The van der Waals surface area contributed by atoms with Gasteiger partial charge < -0.3 is 14.7 Å². The second kappa shape index (κ2) is 10.4. The predicted molar refractivity (Wildman–Crippen MR) is 122 cm³/mol. The molecule has 0 atom stereocenters. The van der Waals surface area contributed by atoms with E-state index in [1.165, 1.54) is 18.2 Å². The second-order valence-electron chi connectivity index (χ2n) is 7.51. The molecule has 2 aromatic carbocycles. The summed E-state index contributed by atoms with van der Waals surface area (Å²) in [5.41, 5.74) is 3.11. The lowest BCUT2D eigenvalue weighted by atomic mass is 10.0. The average molecular weight is 432 g/mol. The van der Waals surface area contributed by atoms with Crippen molar-refractivity contribution in [3.63, 3.8) is 0 Å². The second-order valence-corrected chi connectivity index (χ2v) is 7.51. The Morgan fingerprint density at radius 2 is 1.75 bits per heavy atom. The van der Waals surface area contributed by atoms with Gasteiger partial charge in [-0.15, -0.1) is 0 Å². The lowest BCUT2D eigenvalue weighted by Gasteiger charge is -2.38. The van der Waals surface area contributed by atoms with Gasteiger partial charge in [-0.2, -0.15) is 5.26 Å². The number of aldehydes is 1. The predicted octanol–water partition coefficient (Wildman–Crippen LogP) is 3.23. The number of piperazine rings is 1. The molecule has 3 rings (SSSR count). The van der Waals surface area contributed by atoms with Gasteiger partial charge in [0.15, 0.2) is 6.29 Å². The lowest BCUT2D eigenvalue weighted by molar-refractivity contribution is -0.127. The third kappa shape index (κ3) is 5.03. The van der Waals surface area contributed by atoms with E-state index in [1.54, 1.807) is 17.0 Å². The third-order valence-electron chi connectivity index (χ3n) is 5.48. The van der Waals surface area contributed by atoms with Crippen LogP contribution in [0.2, 0.25) is 0 Å². The molecule has 1 aliphatic heterocycles. The van der Waals surface area contributed by atoms with Crippen LogP contribution in [-0.2, 0) is 16.1 Å². The van der Waals surface area contributed by atoms with Crippen LogP contribution in [-0.4, -0.2) is 55.2 Å². The van der Waals surface area contributed by atoms with Crippen molar-refractivity contribution < 1.29 is 14.0 Å². The smallest absolute Gasteiger partial charge is 0.246 e. The molecule has 0 aromatic heterocycles. The standard InChI is InChI=1S/C25H25FN4O2/c1-3-24(32)29-12-14-30(15-13-29)25(20(16-27)18-31)22-6-4-5-7-23(22)28(2)17-19-8-10-21(26)11-9-19/h3-11,18H,1,12-15,17H2,2H3/b25-20+. The molecule has 1 saturated heterocycles. The number of carbonyl (C=O) groups excluding carboxylic acids is 2. The Hall–Kier alpha value is -3.92. The van der Waals surface area contributed by atoms with E-state index in [0.29, 0.717) is 44.7 Å². The van der Waals surface area contributed by atoms with Crippen LogP contribution in [0.15, 0.2) is 66.8 Å². The summed E-state index contributed by atoms with van der Waals surface area (Å²) in [5, 5.41) is 9.66. The van der Waals surface area contributed by atoms with E-state index in [4.69, 9.17) is 0 Å². The Morgan fingerprint density at radius 1 is 1.12 bits per heavy atom. The fourth-order valence-corrected chi connectivity index (χ4v) is 3.86. The van der Waals surface area contributed by atoms with Crippen LogP contribution in [0, 0.1) is 17.1 Å². The van der Waals surface area contributed by atoms with Crippen molar-refractivity contribution in [2.45, 2.75) is 6.54 Å². The highest BCUT2D eigenvalue weighted by molar-refractivity contribution is 5.94. The van der Waals surface area contributed by atoms with E-state index >= 15 is 0 Å². The number of nitrogens with zero attached hydrogens (tertiary/aromatic N) is 4. The zero-order chi connectivity index (χ0) is 23.1. The minimum atomic E-state index is -0.291. The molecule has 0 saturated carbocycles. The quantitative estimate of drug-likeness (QED) is 0.382. The van der Waals surface area contributed by atoms with Crippen LogP contribution in [0.1, 0.15) is 11.1 Å². The number of allylic oxidation sites excluding steroid dienone is 1. The number of anilines is 1. The molecule has 6 nitrogen and oxygen atoms in total. The molecular weight excluding hydrogens is 407 g/mol. The normalized spacial score (nSPS) is 14.3. The zero-order valence-corrected chi connectivity index (χ0v) is 18.0. The number of para-hydroxylation sites is 1. The first-order valence-corrected chi connectivity index (χ1v) is 10.3. The molecule has 32 heavy (non-hydrogen) atoms. The van der Waals surface area contributed by atoms with Gasteiger partial charge in [-0.05, 0) is 29.8 Å². The van der Waals surface area contributed by atoms with Gasteiger partial charge in [0.25, 0.3) is 0 Å². The molecule has 164 valence electrons. The number of amides is 1. The van der Waals surface area contributed by atoms with Crippen molar-refractivity contribution in [1.29, 1.82) is 5.26 Å². The number of carbonyl (C=O) groups is 2. The maximum atomic E-state index is 13.3. The van der Waals surface area contributed by atoms with Crippen LogP contribution in [0.25, 0.3) is 5.70 Å². The zero-order valence-electron chi connectivity index (χ0n) is 18.0. The van der Waals surface area contributed by atoms with Gasteiger partial charge in [-0.3, -0.25) is 9.59 Å². The largest absolute Gasteiger partial charge is 0.370 e. The van der Waals surface area contributed by atoms with E-state index < -0.39 is 0 Å². The van der Waals surface area contributed by atoms with Crippen molar-refractivity contribution >= 4 is 23.6 Å². The first-order chi connectivity index (χ1) is 15.5. The van der Waals surface area contributed by atoms with Crippen LogP contribution >= 0.6 is 0 Å². The van der Waals surface area contributed by atoms with Crippen molar-refractivity contribution in [2.24, 2.45) is 0 Å². The SMILES string of the molecule is C=CC(=O)N1CCN(/C(=C(\C#N)C=O)c2ccccc2N(C)Cc2ccc(F)cc2)CC1. The van der Waals surface area contributed by atoms with Crippen molar-refractivity contribution in [1.82, 2.24) is 9.80 Å². The van der Waals surface area contributed by atoms with Crippen LogP contribution < -0.4 is 4.90 Å². The topological polar surface area (TPSA) is 67.6 Å². The highest BCUT2D eigenvalue weighted by Crippen LogP contribution is 2.32. The molecular formula is C25H25FN4O2. The number of benzene rings is 2. The minimum Gasteiger partial charge on any atom is -0.370 e. The molecule has 2 aromatic rings. The van der Waals surface area contributed by atoms with E-state index in [2.05, 4.69) is 6.58 Å². The van der Waals surface area contributed by atoms with E-state index in [0.717, 1.165) is 16.8 Å². The molecule has 1 heterocycles. The highest BCUT2D eigenvalue weighted by atomic mass is 19.1. The lowest BCUT2D eigenvalue weighted by Crippen LogP contribution is -2.47. The molecule has 0 N–H and O–H groups in total. The maximum Gasteiger partial charge on any atom is 0.246 e. The molecule has 1 amide bonds. The minimum absolute atomic E-state index is 0.0381. The first-order valence-electron chi connectivity index (χ1n) is 10.3. The summed E-state index contributed by atoms with van der Waals surface area (Å²) in [7, 11) is 1.91. The number of rotatable bonds is 7. The summed E-state index contributed by atoms with van der Waals surface area (Å²) in [6.45, 7) is 5.98. The maximum absolute atomic E-state index is 13.3. The Balaban J connectivity index is 1.95. The third-order valence-corrected chi connectivity index (χ3v) is 5.48. The molecule has 7 heteroatoms. The van der Waals surface area contributed by atoms with Crippen molar-refractivity contribution in [3.05, 3.63) is 83.7 Å². The van der Waals surface area contributed by atoms with E-state index in [-0.39, 0.29) is 17.3 Å². The summed E-state index contributed by atoms with van der Waals surface area (Å²) < 4.78 is 13.3. The Labute approximate surface area is 187 Å². The fourth-order valence-electron chi connectivity index (χ4n) is 3.86. The van der Waals surface area contributed by atoms with E-state index in [1.807, 2.05) is 47.2 Å². The molecule has 0 bridgehead atoms. The summed E-state index contributed by atoms with van der Waals surface area (Å²) >= 11 is 0. The van der Waals surface area contributed by atoms with Gasteiger partial charge in [0.2, 0.25) is 5.91 Å². The first kappa shape index (κ1) is 22.8. The van der Waals surface area contributed by atoms with Crippen LogP contribution in [0.3, 0.4) is 0 Å². The van der Waals surface area contributed by atoms with Crippen LogP contribution in [0.5, 0.6) is 0 Å². The average Bonchev–Trinajstić information content (AvgIpc) is 2.83. The highest BCUT2D eigenvalue weighted by Gasteiger charge is 2.26. The van der Waals surface area contributed by atoms with E-state index in [9.17, 15) is 19.2 Å². The monoisotopic (exact) mass is 432 g/mol. The Kier molecular flexibility index (Phi) is 7.40. The van der Waals surface area contributed by atoms with Gasteiger partial charge in [0, 0.05) is 51.0 Å². The molecule has 0 unspecified atom stereocenters. The summed E-state index contributed by atoms with van der Waals surface area (Å²) in [4.78, 5) is 29.4. The Morgan fingerprint density at radius 3 is 2.34 bits per heavy atom. The summed E-state index contributed by atoms with van der Waals surface area (Å²) in [5.74, 6) is -0.425. The van der Waals surface area contributed by atoms with Crippen LogP contribution in [0.4, 0.5) is 10.1 Å². The van der Waals surface area contributed by atoms with Gasteiger partial charge in [0.1, 0.15) is 17.5 Å². The molecule has 0 spiro atoms. The van der Waals surface area contributed by atoms with Crippen molar-refractivity contribution in [2.75, 3.05) is 38.1 Å². The summed E-state index contributed by atoms with van der Waals surface area (Å²) in [6.07, 6.45) is 1.87. The van der Waals surface area contributed by atoms with Crippen molar-refractivity contribution in [3.8, 4) is 6.07 Å². The number of hydrogen-bond acceptors (Lipinski definition) is 5. The number of nitriles is 1. The van der Waals surface area contributed by atoms with Gasteiger partial charge in [-0.25, -0.2) is 4.39 Å². The molecule has 1 fully saturated rings. The molecule has 1 aliphatic rings. The number of hydrogen-bond donors (Lipinski definition) is 0. The molecule has 0 radical (unpaired) electrons. The summed E-state index contributed by atoms with van der Waals surface area (Å²) in [6, 6.07) is 15.9. The fraction of sp³-hybridized carbons (Fsp3) is 0.240.